The molecule has 0 saturated heterocycles. The van der Waals surface area contributed by atoms with E-state index in [1.54, 1.807) is 0 Å². The molecule has 0 aromatic heterocycles. The SMILES string of the molecule is C=CC(=O)OC=CCCCCCCCCCCCCCCC. The third-order valence-electron chi connectivity index (χ3n) is 3.92. The Morgan fingerprint density at radius 1 is 0.818 bits per heavy atom. The van der Waals surface area contributed by atoms with E-state index in [0.29, 0.717) is 0 Å². The molecule has 0 bridgehead atoms. The van der Waals surface area contributed by atoms with Gasteiger partial charge in [-0.15, -0.1) is 0 Å². The average molecular weight is 309 g/mol. The van der Waals surface area contributed by atoms with Gasteiger partial charge in [0, 0.05) is 6.08 Å². The zero-order valence-electron chi connectivity index (χ0n) is 14.7. The largest absolute Gasteiger partial charge is 0.432 e. The number of carbonyl (C=O) groups is 1. The third-order valence-corrected chi connectivity index (χ3v) is 3.92. The molecule has 0 radical (unpaired) electrons. The maximum atomic E-state index is 10.8. The minimum Gasteiger partial charge on any atom is -0.432 e. The van der Waals surface area contributed by atoms with Gasteiger partial charge in [0.05, 0.1) is 6.26 Å². The molecule has 0 heterocycles. The second kappa shape index (κ2) is 18.0. The van der Waals surface area contributed by atoms with Crippen LogP contribution in [0, 0.1) is 0 Å². The minimum atomic E-state index is -0.387. The predicted molar refractivity (Wildman–Crippen MR) is 95.7 cm³/mol. The maximum Gasteiger partial charge on any atom is 0.334 e. The first-order valence-corrected chi connectivity index (χ1v) is 9.29. The van der Waals surface area contributed by atoms with Crippen LogP contribution in [0.25, 0.3) is 0 Å². The molecule has 0 atom stereocenters. The first-order valence-electron chi connectivity index (χ1n) is 9.29. The Hall–Kier alpha value is -1.05. The van der Waals surface area contributed by atoms with E-state index in [1.165, 1.54) is 95.8 Å². The van der Waals surface area contributed by atoms with Crippen LogP contribution in [0.15, 0.2) is 25.0 Å². The van der Waals surface area contributed by atoms with Crippen LogP contribution < -0.4 is 0 Å². The molecular formula is C20H36O2. The van der Waals surface area contributed by atoms with Crippen LogP contribution in [0.5, 0.6) is 0 Å². The first-order chi connectivity index (χ1) is 10.8. The maximum absolute atomic E-state index is 10.8. The highest BCUT2D eigenvalue weighted by Crippen LogP contribution is 2.12. The zero-order valence-corrected chi connectivity index (χ0v) is 14.7. The number of hydrogen-bond acceptors (Lipinski definition) is 2. The number of hydrogen-bond donors (Lipinski definition) is 0. The zero-order chi connectivity index (χ0) is 16.3. The second-order valence-electron chi connectivity index (χ2n) is 6.04. The van der Waals surface area contributed by atoms with E-state index < -0.39 is 0 Å². The molecular weight excluding hydrogens is 272 g/mol. The molecule has 0 N–H and O–H groups in total. The number of carbonyl (C=O) groups excluding carboxylic acids is 1. The highest BCUT2D eigenvalue weighted by Gasteiger charge is 1.93. The average Bonchev–Trinajstić information content (AvgIpc) is 2.54. The molecule has 2 nitrogen and oxygen atoms in total. The fraction of sp³-hybridized carbons (Fsp3) is 0.750. The molecule has 0 saturated carbocycles. The van der Waals surface area contributed by atoms with Gasteiger partial charge in [0.2, 0.25) is 0 Å². The Labute approximate surface area is 138 Å². The van der Waals surface area contributed by atoms with Gasteiger partial charge in [-0.2, -0.15) is 0 Å². The summed E-state index contributed by atoms with van der Waals surface area (Å²) in [6, 6.07) is 0. The standard InChI is InChI=1S/C20H36O2/c1-3-5-6-7-8-9-10-11-12-13-14-15-16-17-18-19-22-20(21)4-2/h4,18-19H,2-3,5-17H2,1H3. The third kappa shape index (κ3) is 17.0. The van der Waals surface area contributed by atoms with E-state index in [4.69, 9.17) is 4.74 Å². The highest BCUT2D eigenvalue weighted by atomic mass is 16.5. The summed E-state index contributed by atoms with van der Waals surface area (Å²) >= 11 is 0. The van der Waals surface area contributed by atoms with Gasteiger partial charge < -0.3 is 4.74 Å². The first kappa shape index (κ1) is 20.9. The second-order valence-corrected chi connectivity index (χ2v) is 6.04. The summed E-state index contributed by atoms with van der Waals surface area (Å²) in [5.41, 5.74) is 0. The molecule has 0 aliphatic heterocycles. The Morgan fingerprint density at radius 3 is 1.73 bits per heavy atom. The lowest BCUT2D eigenvalue weighted by Crippen LogP contribution is -1.91. The monoisotopic (exact) mass is 308 g/mol. The number of esters is 1. The van der Waals surface area contributed by atoms with Gasteiger partial charge in [0.25, 0.3) is 0 Å². The molecule has 22 heavy (non-hydrogen) atoms. The van der Waals surface area contributed by atoms with Crippen molar-refractivity contribution in [2.75, 3.05) is 0 Å². The Morgan fingerprint density at radius 2 is 1.27 bits per heavy atom. The smallest absolute Gasteiger partial charge is 0.334 e. The van der Waals surface area contributed by atoms with Gasteiger partial charge in [-0.1, -0.05) is 90.6 Å². The van der Waals surface area contributed by atoms with Gasteiger partial charge in [-0.25, -0.2) is 4.79 Å². The van der Waals surface area contributed by atoms with E-state index >= 15 is 0 Å². The number of rotatable bonds is 16. The normalized spacial score (nSPS) is 11.0. The molecule has 0 rings (SSSR count). The Kier molecular flexibility index (Phi) is 17.1. The van der Waals surface area contributed by atoms with Gasteiger partial charge in [-0.05, 0) is 18.9 Å². The van der Waals surface area contributed by atoms with Gasteiger partial charge in [-0.3, -0.25) is 0 Å². The van der Waals surface area contributed by atoms with Gasteiger partial charge in [0.1, 0.15) is 0 Å². The fourth-order valence-corrected chi connectivity index (χ4v) is 2.51. The highest BCUT2D eigenvalue weighted by molar-refractivity contribution is 5.81. The van der Waals surface area contributed by atoms with Crippen LogP contribution in [0.1, 0.15) is 96.8 Å². The van der Waals surface area contributed by atoms with Crippen LogP contribution in [0.4, 0.5) is 0 Å². The van der Waals surface area contributed by atoms with Crippen molar-refractivity contribution >= 4 is 5.97 Å². The number of allylic oxidation sites excluding steroid dienone is 1. The summed E-state index contributed by atoms with van der Waals surface area (Å²) in [5.74, 6) is -0.387. The molecule has 0 aromatic carbocycles. The molecule has 2 heteroatoms. The van der Waals surface area contributed by atoms with E-state index in [0.717, 1.165) is 6.42 Å². The Balaban J connectivity index is 3.08. The molecule has 0 fully saturated rings. The van der Waals surface area contributed by atoms with Crippen molar-refractivity contribution in [3.8, 4) is 0 Å². The van der Waals surface area contributed by atoms with Crippen molar-refractivity contribution < 1.29 is 9.53 Å². The fourth-order valence-electron chi connectivity index (χ4n) is 2.51. The van der Waals surface area contributed by atoms with Crippen LogP contribution >= 0.6 is 0 Å². The molecule has 0 spiro atoms. The molecule has 0 unspecified atom stereocenters. The summed E-state index contributed by atoms with van der Waals surface area (Å²) in [6.07, 6.45) is 23.4. The quantitative estimate of drug-likeness (QED) is 0.137. The van der Waals surface area contributed by atoms with Crippen molar-refractivity contribution in [1.29, 1.82) is 0 Å². The topological polar surface area (TPSA) is 26.3 Å². The van der Waals surface area contributed by atoms with E-state index in [1.807, 2.05) is 6.08 Å². The molecule has 0 amide bonds. The van der Waals surface area contributed by atoms with E-state index in [2.05, 4.69) is 13.5 Å². The number of unbranched alkanes of at least 4 members (excludes halogenated alkanes) is 13. The summed E-state index contributed by atoms with van der Waals surface area (Å²) in [7, 11) is 0. The summed E-state index contributed by atoms with van der Waals surface area (Å²) in [4.78, 5) is 10.8. The van der Waals surface area contributed by atoms with E-state index in [-0.39, 0.29) is 5.97 Å². The van der Waals surface area contributed by atoms with Gasteiger partial charge >= 0.3 is 5.97 Å². The van der Waals surface area contributed by atoms with Crippen LogP contribution in [-0.2, 0) is 9.53 Å². The molecule has 0 aliphatic carbocycles. The lowest BCUT2D eigenvalue weighted by Gasteiger charge is -2.02. The van der Waals surface area contributed by atoms with Crippen molar-refractivity contribution in [2.45, 2.75) is 96.8 Å². The Bertz CT molecular complexity index is 281. The summed E-state index contributed by atoms with van der Waals surface area (Å²) < 4.78 is 4.77. The van der Waals surface area contributed by atoms with Crippen molar-refractivity contribution in [3.05, 3.63) is 25.0 Å². The van der Waals surface area contributed by atoms with Crippen molar-refractivity contribution in [3.63, 3.8) is 0 Å². The van der Waals surface area contributed by atoms with Crippen molar-refractivity contribution in [1.82, 2.24) is 0 Å². The molecule has 0 aromatic rings. The van der Waals surface area contributed by atoms with Crippen LogP contribution in [0.3, 0.4) is 0 Å². The summed E-state index contributed by atoms with van der Waals surface area (Å²) in [5, 5.41) is 0. The van der Waals surface area contributed by atoms with Crippen LogP contribution in [0.2, 0.25) is 0 Å². The summed E-state index contributed by atoms with van der Waals surface area (Å²) in [6.45, 7) is 5.62. The lowest BCUT2D eigenvalue weighted by atomic mass is 10.0. The van der Waals surface area contributed by atoms with Gasteiger partial charge in [0.15, 0.2) is 0 Å². The van der Waals surface area contributed by atoms with Crippen LogP contribution in [-0.4, -0.2) is 5.97 Å². The molecule has 0 aliphatic rings. The number of ether oxygens (including phenoxy) is 1. The van der Waals surface area contributed by atoms with Crippen molar-refractivity contribution in [2.24, 2.45) is 0 Å². The lowest BCUT2D eigenvalue weighted by molar-refractivity contribution is -0.132. The van der Waals surface area contributed by atoms with E-state index in [9.17, 15) is 4.79 Å². The molecule has 128 valence electrons. The minimum absolute atomic E-state index is 0.387. The predicted octanol–water partition coefficient (Wildman–Crippen LogP) is 6.71.